The van der Waals surface area contributed by atoms with E-state index in [0.717, 1.165) is 30.8 Å². The van der Waals surface area contributed by atoms with E-state index in [9.17, 15) is 0 Å². The highest BCUT2D eigenvalue weighted by atomic mass is 32.1. The summed E-state index contributed by atoms with van der Waals surface area (Å²) in [5.41, 5.74) is 9.17. The van der Waals surface area contributed by atoms with Crippen LogP contribution in [-0.4, -0.2) is 16.5 Å². The minimum absolute atomic E-state index is 0.429. The fraction of sp³-hybridized carbons (Fsp3) is 0.538. The van der Waals surface area contributed by atoms with Crippen LogP contribution in [0.25, 0.3) is 0 Å². The van der Waals surface area contributed by atoms with E-state index in [2.05, 4.69) is 30.2 Å². The Morgan fingerprint density at radius 2 is 2.29 bits per heavy atom. The van der Waals surface area contributed by atoms with Gasteiger partial charge in [-0.25, -0.2) is 4.98 Å². The first-order valence-corrected chi connectivity index (χ1v) is 6.55. The number of anilines is 1. The van der Waals surface area contributed by atoms with Crippen molar-refractivity contribution >= 4 is 23.0 Å². The fourth-order valence-electron chi connectivity index (χ4n) is 2.10. The molecule has 2 rings (SSSR count). The molecular weight excluding hydrogens is 230 g/mol. The van der Waals surface area contributed by atoms with E-state index in [1.807, 2.05) is 0 Å². The molecule has 4 heteroatoms. The molecule has 0 saturated heterocycles. The molecule has 0 atom stereocenters. The third-order valence-electron chi connectivity index (χ3n) is 2.99. The van der Waals surface area contributed by atoms with Crippen LogP contribution in [0, 0.1) is 5.92 Å². The van der Waals surface area contributed by atoms with Crippen molar-refractivity contribution in [3.8, 4) is 0 Å². The SMILES string of the molecule is CC(C)CNc1nc2c(cc1C(N)=S)CCC2. The lowest BCUT2D eigenvalue weighted by atomic mass is 10.1. The van der Waals surface area contributed by atoms with Gasteiger partial charge < -0.3 is 11.1 Å². The zero-order chi connectivity index (χ0) is 12.4. The molecule has 1 heterocycles. The van der Waals surface area contributed by atoms with Gasteiger partial charge in [-0.1, -0.05) is 26.1 Å². The molecule has 1 aliphatic rings. The first-order chi connectivity index (χ1) is 8.08. The molecular formula is C13H19N3S. The van der Waals surface area contributed by atoms with Crippen LogP contribution in [0.1, 0.15) is 37.1 Å². The number of thiocarbonyl (C=S) groups is 1. The lowest BCUT2D eigenvalue weighted by Crippen LogP contribution is -2.18. The Bertz CT molecular complexity index is 441. The number of aromatic nitrogens is 1. The van der Waals surface area contributed by atoms with Crippen LogP contribution in [0.3, 0.4) is 0 Å². The first kappa shape index (κ1) is 12.3. The van der Waals surface area contributed by atoms with Crippen LogP contribution in [-0.2, 0) is 12.8 Å². The van der Waals surface area contributed by atoms with Crippen molar-refractivity contribution in [2.24, 2.45) is 11.7 Å². The number of hydrogen-bond donors (Lipinski definition) is 2. The number of pyridine rings is 1. The van der Waals surface area contributed by atoms with Crippen molar-refractivity contribution in [3.63, 3.8) is 0 Å². The van der Waals surface area contributed by atoms with Gasteiger partial charge in [-0.2, -0.15) is 0 Å². The zero-order valence-electron chi connectivity index (χ0n) is 10.4. The van der Waals surface area contributed by atoms with E-state index in [1.165, 1.54) is 17.7 Å². The summed E-state index contributed by atoms with van der Waals surface area (Å²) in [5, 5.41) is 3.35. The summed E-state index contributed by atoms with van der Waals surface area (Å²) in [4.78, 5) is 5.10. The number of aryl methyl sites for hydroxylation is 2. The highest BCUT2D eigenvalue weighted by Gasteiger charge is 2.17. The molecule has 0 saturated carbocycles. The van der Waals surface area contributed by atoms with Crippen molar-refractivity contribution in [1.29, 1.82) is 0 Å². The molecule has 0 fully saturated rings. The van der Waals surface area contributed by atoms with Crippen LogP contribution in [0.4, 0.5) is 5.82 Å². The predicted octanol–water partition coefficient (Wildman–Crippen LogP) is 2.27. The normalized spacial score (nSPS) is 13.8. The number of fused-ring (bicyclic) bond motifs is 1. The van der Waals surface area contributed by atoms with E-state index in [4.69, 9.17) is 18.0 Å². The van der Waals surface area contributed by atoms with Gasteiger partial charge in [0.05, 0.1) is 5.56 Å². The predicted molar refractivity (Wildman–Crippen MR) is 75.5 cm³/mol. The molecule has 1 aromatic heterocycles. The lowest BCUT2D eigenvalue weighted by Gasteiger charge is -2.14. The summed E-state index contributed by atoms with van der Waals surface area (Å²) >= 11 is 5.10. The Kier molecular flexibility index (Phi) is 3.62. The Labute approximate surface area is 108 Å². The largest absolute Gasteiger partial charge is 0.389 e. The fourth-order valence-corrected chi connectivity index (χ4v) is 2.25. The molecule has 0 aromatic carbocycles. The zero-order valence-corrected chi connectivity index (χ0v) is 11.2. The van der Waals surface area contributed by atoms with Crippen LogP contribution >= 0.6 is 12.2 Å². The van der Waals surface area contributed by atoms with Crippen LogP contribution < -0.4 is 11.1 Å². The summed E-state index contributed by atoms with van der Waals surface area (Å²) in [6, 6.07) is 2.11. The second-order valence-electron chi connectivity index (χ2n) is 4.98. The van der Waals surface area contributed by atoms with Crippen molar-refractivity contribution in [2.75, 3.05) is 11.9 Å². The molecule has 3 N–H and O–H groups in total. The summed E-state index contributed by atoms with van der Waals surface area (Å²) in [7, 11) is 0. The maximum Gasteiger partial charge on any atom is 0.136 e. The molecule has 0 unspecified atom stereocenters. The van der Waals surface area contributed by atoms with Crippen molar-refractivity contribution < 1.29 is 0 Å². The first-order valence-electron chi connectivity index (χ1n) is 6.14. The number of nitrogens with zero attached hydrogens (tertiary/aromatic N) is 1. The van der Waals surface area contributed by atoms with E-state index in [1.54, 1.807) is 0 Å². The lowest BCUT2D eigenvalue weighted by molar-refractivity contribution is 0.686. The van der Waals surface area contributed by atoms with Gasteiger partial charge in [0.15, 0.2) is 0 Å². The molecule has 1 aromatic rings. The van der Waals surface area contributed by atoms with E-state index in [-0.39, 0.29) is 0 Å². The van der Waals surface area contributed by atoms with Gasteiger partial charge in [-0.05, 0) is 36.8 Å². The molecule has 3 nitrogen and oxygen atoms in total. The third-order valence-corrected chi connectivity index (χ3v) is 3.21. The second kappa shape index (κ2) is 5.00. The van der Waals surface area contributed by atoms with Crippen LogP contribution in [0.5, 0.6) is 0 Å². The third kappa shape index (κ3) is 2.75. The minimum Gasteiger partial charge on any atom is -0.389 e. The van der Waals surface area contributed by atoms with Crippen LogP contribution in [0.15, 0.2) is 6.07 Å². The molecule has 17 heavy (non-hydrogen) atoms. The van der Waals surface area contributed by atoms with Crippen molar-refractivity contribution in [2.45, 2.75) is 33.1 Å². The molecule has 92 valence electrons. The molecule has 1 aliphatic carbocycles. The quantitative estimate of drug-likeness (QED) is 0.804. The van der Waals surface area contributed by atoms with Crippen molar-refractivity contribution in [3.05, 3.63) is 22.9 Å². The van der Waals surface area contributed by atoms with Gasteiger partial charge in [0.1, 0.15) is 10.8 Å². The summed E-state index contributed by atoms with van der Waals surface area (Å²) in [6.45, 7) is 5.23. The van der Waals surface area contributed by atoms with Gasteiger partial charge in [-0.3, -0.25) is 0 Å². The molecule has 0 bridgehead atoms. The van der Waals surface area contributed by atoms with Crippen molar-refractivity contribution in [1.82, 2.24) is 4.98 Å². The minimum atomic E-state index is 0.429. The van der Waals surface area contributed by atoms with Gasteiger partial charge in [0.25, 0.3) is 0 Å². The Morgan fingerprint density at radius 3 is 2.94 bits per heavy atom. The van der Waals surface area contributed by atoms with Gasteiger partial charge in [-0.15, -0.1) is 0 Å². The number of nitrogens with two attached hydrogens (primary N) is 1. The standard InChI is InChI=1S/C13H19N3S/c1-8(2)7-15-13-10(12(14)17)6-9-4-3-5-11(9)16-13/h6,8H,3-5,7H2,1-2H3,(H2,14,17)(H,15,16). The molecule has 0 radical (unpaired) electrons. The number of rotatable bonds is 4. The Balaban J connectivity index is 2.31. The Morgan fingerprint density at radius 1 is 1.53 bits per heavy atom. The summed E-state index contributed by atoms with van der Waals surface area (Å²) < 4.78 is 0. The second-order valence-corrected chi connectivity index (χ2v) is 5.42. The smallest absolute Gasteiger partial charge is 0.136 e. The summed E-state index contributed by atoms with van der Waals surface area (Å²) in [5.74, 6) is 1.43. The number of hydrogen-bond acceptors (Lipinski definition) is 3. The van der Waals surface area contributed by atoms with Gasteiger partial charge in [0, 0.05) is 12.2 Å². The van der Waals surface area contributed by atoms with E-state index >= 15 is 0 Å². The van der Waals surface area contributed by atoms with E-state index < -0.39 is 0 Å². The van der Waals surface area contributed by atoms with Crippen LogP contribution in [0.2, 0.25) is 0 Å². The number of nitrogens with one attached hydrogen (secondary N) is 1. The average Bonchev–Trinajstić information content (AvgIpc) is 2.71. The van der Waals surface area contributed by atoms with Gasteiger partial charge >= 0.3 is 0 Å². The van der Waals surface area contributed by atoms with Gasteiger partial charge in [0.2, 0.25) is 0 Å². The molecule has 0 amide bonds. The monoisotopic (exact) mass is 249 g/mol. The molecule has 0 aliphatic heterocycles. The highest BCUT2D eigenvalue weighted by Crippen LogP contribution is 2.25. The average molecular weight is 249 g/mol. The molecule has 0 spiro atoms. The Hall–Kier alpha value is -1.16. The maximum absolute atomic E-state index is 5.77. The van der Waals surface area contributed by atoms with E-state index in [0.29, 0.717) is 10.9 Å². The summed E-state index contributed by atoms with van der Waals surface area (Å²) in [6.07, 6.45) is 3.36. The highest BCUT2D eigenvalue weighted by molar-refractivity contribution is 7.80. The maximum atomic E-state index is 5.77. The topological polar surface area (TPSA) is 50.9 Å².